The minimum atomic E-state index is 0.477. The fourth-order valence-corrected chi connectivity index (χ4v) is 6.75. The summed E-state index contributed by atoms with van der Waals surface area (Å²) >= 11 is 4.35. The zero-order valence-corrected chi connectivity index (χ0v) is 9.29. The smallest absolute Gasteiger partial charge is 0.0532 e. The Bertz CT molecular complexity index is 254. The zero-order chi connectivity index (χ0) is 8.78. The first-order valence-corrected chi connectivity index (χ1v) is 6.97. The van der Waals surface area contributed by atoms with Gasteiger partial charge in [0.1, 0.15) is 0 Å². The maximum atomic E-state index is 2.49. The summed E-state index contributed by atoms with van der Waals surface area (Å²) in [7, 11) is 0. The molecule has 0 amide bonds. The van der Waals surface area contributed by atoms with E-state index in [0.717, 1.165) is 0 Å². The second-order valence-electron chi connectivity index (χ2n) is 4.07. The third-order valence-corrected chi connectivity index (χ3v) is 7.00. The Morgan fingerprint density at radius 3 is 1.77 bits per heavy atom. The highest BCUT2D eigenvalue weighted by Gasteiger charge is 2.54. The Hall–Kier alpha value is 0.180. The van der Waals surface area contributed by atoms with E-state index in [4.69, 9.17) is 0 Å². The molecule has 2 atom stereocenters. The van der Waals surface area contributed by atoms with Crippen LogP contribution in [0, 0.1) is 0 Å². The molecule has 0 N–H and O–H groups in total. The Morgan fingerprint density at radius 1 is 0.846 bits per heavy atom. The largest absolute Gasteiger partial charge is 0.138 e. The van der Waals surface area contributed by atoms with Crippen LogP contribution < -0.4 is 0 Å². The highest BCUT2D eigenvalue weighted by Crippen LogP contribution is 2.62. The van der Waals surface area contributed by atoms with Crippen LogP contribution in [0.25, 0.3) is 0 Å². The van der Waals surface area contributed by atoms with Crippen molar-refractivity contribution in [2.45, 2.75) is 35.2 Å². The topological polar surface area (TPSA) is 0 Å². The normalized spacial score (nSPS) is 47.4. The Labute approximate surface area is 88.2 Å². The van der Waals surface area contributed by atoms with Gasteiger partial charge in [-0.3, -0.25) is 0 Å². The lowest BCUT2D eigenvalue weighted by Gasteiger charge is -2.36. The van der Waals surface area contributed by atoms with Gasteiger partial charge in [-0.1, -0.05) is 24.3 Å². The van der Waals surface area contributed by atoms with Crippen molar-refractivity contribution in [3.63, 3.8) is 0 Å². The molecule has 0 aromatic carbocycles. The summed E-state index contributed by atoms with van der Waals surface area (Å²) in [6, 6.07) is 0. The molecular weight excluding hydrogens is 196 g/mol. The van der Waals surface area contributed by atoms with Crippen molar-refractivity contribution in [3.05, 3.63) is 24.3 Å². The molecule has 3 aliphatic rings. The van der Waals surface area contributed by atoms with Gasteiger partial charge < -0.3 is 0 Å². The first kappa shape index (κ1) is 8.49. The van der Waals surface area contributed by atoms with Gasteiger partial charge >= 0.3 is 0 Å². The van der Waals surface area contributed by atoms with Crippen LogP contribution in [0.5, 0.6) is 0 Å². The molecule has 1 heterocycles. The van der Waals surface area contributed by atoms with Gasteiger partial charge in [0.15, 0.2) is 0 Å². The Morgan fingerprint density at radius 2 is 1.38 bits per heavy atom. The molecule has 2 spiro atoms. The minimum Gasteiger partial charge on any atom is -0.138 e. The third kappa shape index (κ3) is 1.02. The Kier molecular flexibility index (Phi) is 1.85. The maximum absolute atomic E-state index is 2.49. The van der Waals surface area contributed by atoms with E-state index >= 15 is 0 Å². The van der Waals surface area contributed by atoms with Crippen LogP contribution in [0.3, 0.4) is 0 Å². The SMILES string of the molecule is C1=C[C@@]2(CC1)SCS[C@]21C=CCC1. The van der Waals surface area contributed by atoms with E-state index in [2.05, 4.69) is 47.8 Å². The molecule has 13 heavy (non-hydrogen) atoms. The lowest BCUT2D eigenvalue weighted by molar-refractivity contribution is 0.552. The van der Waals surface area contributed by atoms with E-state index in [1.54, 1.807) is 0 Å². The van der Waals surface area contributed by atoms with Crippen LogP contribution in [0.2, 0.25) is 0 Å². The summed E-state index contributed by atoms with van der Waals surface area (Å²) in [6.07, 6.45) is 15.1. The van der Waals surface area contributed by atoms with Crippen molar-refractivity contribution < 1.29 is 0 Å². The summed E-state index contributed by atoms with van der Waals surface area (Å²) in [5.41, 5.74) is 0. The Balaban J connectivity index is 2.02. The van der Waals surface area contributed by atoms with Crippen LogP contribution in [-0.4, -0.2) is 14.6 Å². The quantitative estimate of drug-likeness (QED) is 0.560. The van der Waals surface area contributed by atoms with Crippen molar-refractivity contribution >= 4 is 23.5 Å². The number of thioether (sulfide) groups is 2. The molecule has 0 aromatic heterocycles. The average molecular weight is 210 g/mol. The molecule has 2 aliphatic carbocycles. The molecule has 0 radical (unpaired) electrons. The lowest BCUT2D eigenvalue weighted by Crippen LogP contribution is -2.39. The van der Waals surface area contributed by atoms with Gasteiger partial charge in [0.25, 0.3) is 0 Å². The summed E-state index contributed by atoms with van der Waals surface area (Å²) < 4.78 is 0.954. The van der Waals surface area contributed by atoms with E-state index in [-0.39, 0.29) is 0 Å². The monoisotopic (exact) mass is 210 g/mol. The number of rotatable bonds is 0. The zero-order valence-electron chi connectivity index (χ0n) is 7.66. The van der Waals surface area contributed by atoms with Crippen LogP contribution in [0.15, 0.2) is 24.3 Å². The third-order valence-electron chi connectivity index (χ3n) is 3.49. The number of hydrogen-bond donors (Lipinski definition) is 0. The molecule has 70 valence electrons. The van der Waals surface area contributed by atoms with Crippen molar-refractivity contribution in [2.75, 3.05) is 5.08 Å². The van der Waals surface area contributed by atoms with Gasteiger partial charge in [-0.25, -0.2) is 0 Å². The van der Waals surface area contributed by atoms with Crippen LogP contribution in [0.1, 0.15) is 25.7 Å². The summed E-state index contributed by atoms with van der Waals surface area (Å²) in [6.45, 7) is 0. The average Bonchev–Trinajstić information content (AvgIpc) is 2.79. The highest BCUT2D eigenvalue weighted by molar-refractivity contribution is 8.21. The molecule has 0 aromatic rings. The van der Waals surface area contributed by atoms with Crippen molar-refractivity contribution in [3.8, 4) is 0 Å². The predicted octanol–water partition coefficient (Wildman–Crippen LogP) is 3.60. The van der Waals surface area contributed by atoms with E-state index in [1.165, 1.54) is 30.8 Å². The lowest BCUT2D eigenvalue weighted by atomic mass is 9.89. The molecule has 2 heteroatoms. The van der Waals surface area contributed by atoms with Gasteiger partial charge in [0.05, 0.1) is 9.49 Å². The van der Waals surface area contributed by atoms with Crippen molar-refractivity contribution in [1.82, 2.24) is 0 Å². The molecule has 3 rings (SSSR count). The van der Waals surface area contributed by atoms with Crippen LogP contribution in [0.4, 0.5) is 0 Å². The molecule has 0 bridgehead atoms. The predicted molar refractivity (Wildman–Crippen MR) is 62.3 cm³/mol. The second kappa shape index (κ2) is 2.83. The van der Waals surface area contributed by atoms with Crippen LogP contribution >= 0.6 is 23.5 Å². The van der Waals surface area contributed by atoms with Gasteiger partial charge in [0, 0.05) is 5.08 Å². The van der Waals surface area contributed by atoms with E-state index < -0.39 is 0 Å². The molecule has 0 nitrogen and oxygen atoms in total. The second-order valence-corrected chi connectivity index (χ2v) is 7.04. The molecule has 0 saturated carbocycles. The maximum Gasteiger partial charge on any atom is 0.0532 e. The van der Waals surface area contributed by atoms with Crippen LogP contribution in [-0.2, 0) is 0 Å². The van der Waals surface area contributed by atoms with E-state index in [9.17, 15) is 0 Å². The number of hydrogen-bond acceptors (Lipinski definition) is 2. The number of fused-ring (bicyclic) bond motifs is 1. The van der Waals surface area contributed by atoms with Gasteiger partial charge in [-0.05, 0) is 25.7 Å². The molecule has 0 unspecified atom stereocenters. The highest BCUT2D eigenvalue weighted by atomic mass is 32.2. The first-order valence-electron chi connectivity index (χ1n) is 5.00. The summed E-state index contributed by atoms with van der Waals surface area (Å²) in [5.74, 6) is 0. The minimum absolute atomic E-state index is 0.477. The standard InChI is InChI=1S/C11H14S2/c1-2-6-10(5-1)11(13-9-12-10)7-3-4-8-11/h1,3,5,7H,2,4,6,8-9H2/t10-,11-/m0/s1. The van der Waals surface area contributed by atoms with Gasteiger partial charge in [0.2, 0.25) is 0 Å². The van der Waals surface area contributed by atoms with Crippen molar-refractivity contribution in [1.29, 1.82) is 0 Å². The molecular formula is C11H14S2. The fraction of sp³-hybridized carbons (Fsp3) is 0.636. The fourth-order valence-electron chi connectivity index (χ4n) is 2.74. The molecule has 1 aliphatic heterocycles. The van der Waals surface area contributed by atoms with E-state index in [0.29, 0.717) is 9.49 Å². The number of allylic oxidation sites excluding steroid dienone is 2. The van der Waals surface area contributed by atoms with E-state index in [1.807, 2.05) is 0 Å². The molecule has 1 saturated heterocycles. The molecule has 1 fully saturated rings. The van der Waals surface area contributed by atoms with Crippen molar-refractivity contribution in [2.24, 2.45) is 0 Å². The summed E-state index contributed by atoms with van der Waals surface area (Å²) in [4.78, 5) is 0. The first-order chi connectivity index (χ1) is 6.37. The van der Waals surface area contributed by atoms with Gasteiger partial charge in [-0.2, -0.15) is 0 Å². The summed E-state index contributed by atoms with van der Waals surface area (Å²) in [5, 5.41) is 1.29. The van der Waals surface area contributed by atoms with Gasteiger partial charge in [-0.15, -0.1) is 23.5 Å².